The molecular weight excluding hydrogens is 214 g/mol. The van der Waals surface area contributed by atoms with Crippen LogP contribution >= 0.6 is 15.9 Å². The monoisotopic (exact) mass is 233 g/mol. The van der Waals surface area contributed by atoms with E-state index in [0.717, 1.165) is 11.4 Å². The minimum atomic E-state index is 0.714. The smallest absolute Gasteiger partial charge is 0.0159 e. The first-order valence-corrected chi connectivity index (χ1v) is 6.19. The van der Waals surface area contributed by atoms with Crippen molar-refractivity contribution in [2.45, 2.75) is 51.6 Å². The maximum Gasteiger partial charge on any atom is 0.0159 e. The van der Waals surface area contributed by atoms with Gasteiger partial charge in [-0.15, -0.1) is 0 Å². The maximum absolute atomic E-state index is 3.52. The third kappa shape index (κ3) is 2.74. The number of hydrogen-bond donors (Lipinski definition) is 0. The van der Waals surface area contributed by atoms with Gasteiger partial charge in [-0.1, -0.05) is 28.8 Å². The minimum Gasteiger partial charge on any atom is -0.297 e. The van der Waals surface area contributed by atoms with Gasteiger partial charge in [0.25, 0.3) is 0 Å². The van der Waals surface area contributed by atoms with Crippen molar-refractivity contribution in [3.63, 3.8) is 0 Å². The summed E-state index contributed by atoms with van der Waals surface area (Å²) in [5.41, 5.74) is 0. The van der Waals surface area contributed by atoms with Crippen LogP contribution in [0.4, 0.5) is 0 Å². The van der Waals surface area contributed by atoms with Gasteiger partial charge in [0.15, 0.2) is 0 Å². The summed E-state index contributed by atoms with van der Waals surface area (Å²) in [4.78, 5) is 2.64. The first-order chi connectivity index (χ1) is 5.75. The van der Waals surface area contributed by atoms with E-state index in [0.29, 0.717) is 6.04 Å². The van der Waals surface area contributed by atoms with Gasteiger partial charge in [0.2, 0.25) is 0 Å². The Morgan fingerprint density at radius 3 is 2.33 bits per heavy atom. The highest BCUT2D eigenvalue weighted by atomic mass is 79.9. The van der Waals surface area contributed by atoms with Gasteiger partial charge < -0.3 is 0 Å². The second-order valence-corrected chi connectivity index (χ2v) is 4.75. The summed E-state index contributed by atoms with van der Waals surface area (Å²) >= 11 is 3.52. The second-order valence-electron chi connectivity index (χ2n) is 3.96. The summed E-state index contributed by atoms with van der Waals surface area (Å²) in [6.45, 7) is 5.82. The molecule has 0 aromatic heterocycles. The summed E-state index contributed by atoms with van der Waals surface area (Å²) in [7, 11) is 0. The normalized spacial score (nSPS) is 19.8. The summed E-state index contributed by atoms with van der Waals surface area (Å²) < 4.78 is 0. The van der Waals surface area contributed by atoms with Gasteiger partial charge in [-0.2, -0.15) is 0 Å². The molecule has 1 fully saturated rings. The lowest BCUT2D eigenvalue weighted by Gasteiger charge is -2.31. The van der Waals surface area contributed by atoms with E-state index in [-0.39, 0.29) is 0 Å². The van der Waals surface area contributed by atoms with Gasteiger partial charge in [-0.05, 0) is 26.7 Å². The van der Waals surface area contributed by atoms with E-state index in [1.165, 1.54) is 32.2 Å². The predicted molar refractivity (Wildman–Crippen MR) is 57.9 cm³/mol. The molecule has 0 amide bonds. The third-order valence-corrected chi connectivity index (χ3v) is 3.15. The fourth-order valence-corrected chi connectivity index (χ4v) is 2.61. The number of hydrogen-bond acceptors (Lipinski definition) is 1. The lowest BCUT2D eigenvalue weighted by atomic mass is 10.1. The van der Waals surface area contributed by atoms with Crippen molar-refractivity contribution in [2.75, 3.05) is 11.9 Å². The van der Waals surface area contributed by atoms with Gasteiger partial charge in [0, 0.05) is 24.0 Å². The molecule has 0 aliphatic heterocycles. The van der Waals surface area contributed by atoms with E-state index in [4.69, 9.17) is 0 Å². The molecule has 0 aromatic rings. The summed E-state index contributed by atoms with van der Waals surface area (Å²) in [5.74, 6) is 0. The first kappa shape index (κ1) is 10.5. The largest absolute Gasteiger partial charge is 0.297 e. The minimum absolute atomic E-state index is 0.714. The Hall–Kier alpha value is 0.440. The molecule has 0 saturated heterocycles. The lowest BCUT2D eigenvalue weighted by molar-refractivity contribution is 0.166. The Labute approximate surface area is 84.6 Å². The van der Waals surface area contributed by atoms with Crippen LogP contribution in [0.25, 0.3) is 0 Å². The quantitative estimate of drug-likeness (QED) is 0.676. The first-order valence-electron chi connectivity index (χ1n) is 5.07. The van der Waals surface area contributed by atoms with Crippen molar-refractivity contribution in [2.24, 2.45) is 0 Å². The SMILES string of the molecule is CC(C)N(CCBr)C1CCCC1. The maximum atomic E-state index is 3.52. The molecule has 0 aromatic carbocycles. The zero-order valence-electron chi connectivity index (χ0n) is 8.22. The van der Waals surface area contributed by atoms with E-state index in [1.54, 1.807) is 0 Å². The van der Waals surface area contributed by atoms with Crippen molar-refractivity contribution in [1.82, 2.24) is 4.90 Å². The van der Waals surface area contributed by atoms with E-state index >= 15 is 0 Å². The molecule has 72 valence electrons. The average Bonchev–Trinajstić information content (AvgIpc) is 2.51. The van der Waals surface area contributed by atoms with Gasteiger partial charge in [0.1, 0.15) is 0 Å². The molecule has 0 radical (unpaired) electrons. The fourth-order valence-electron chi connectivity index (χ4n) is 2.20. The number of rotatable bonds is 4. The summed E-state index contributed by atoms with van der Waals surface area (Å²) in [6, 6.07) is 1.59. The van der Waals surface area contributed by atoms with Crippen molar-refractivity contribution in [1.29, 1.82) is 0 Å². The van der Waals surface area contributed by atoms with Crippen LogP contribution in [-0.4, -0.2) is 28.9 Å². The van der Waals surface area contributed by atoms with Crippen LogP contribution < -0.4 is 0 Å². The summed E-state index contributed by atoms with van der Waals surface area (Å²) in [6.07, 6.45) is 5.72. The highest BCUT2D eigenvalue weighted by Crippen LogP contribution is 2.24. The van der Waals surface area contributed by atoms with Gasteiger partial charge >= 0.3 is 0 Å². The van der Waals surface area contributed by atoms with E-state index < -0.39 is 0 Å². The van der Waals surface area contributed by atoms with Crippen LogP contribution in [0.2, 0.25) is 0 Å². The average molecular weight is 234 g/mol. The van der Waals surface area contributed by atoms with Crippen LogP contribution in [0.15, 0.2) is 0 Å². The number of halogens is 1. The lowest BCUT2D eigenvalue weighted by Crippen LogP contribution is -2.40. The van der Waals surface area contributed by atoms with Crippen molar-refractivity contribution < 1.29 is 0 Å². The van der Waals surface area contributed by atoms with E-state index in [9.17, 15) is 0 Å². The molecule has 1 rings (SSSR count). The molecule has 2 heteroatoms. The highest BCUT2D eigenvalue weighted by molar-refractivity contribution is 9.09. The topological polar surface area (TPSA) is 3.24 Å². The Bertz CT molecular complexity index is 119. The van der Waals surface area contributed by atoms with Crippen molar-refractivity contribution in [3.05, 3.63) is 0 Å². The molecule has 12 heavy (non-hydrogen) atoms. The van der Waals surface area contributed by atoms with Gasteiger partial charge in [-0.3, -0.25) is 4.90 Å². The Kier molecular flexibility index (Phi) is 4.59. The molecule has 0 unspecified atom stereocenters. The third-order valence-electron chi connectivity index (χ3n) is 2.80. The van der Waals surface area contributed by atoms with Gasteiger partial charge in [0.05, 0.1) is 0 Å². The highest BCUT2D eigenvalue weighted by Gasteiger charge is 2.23. The zero-order valence-corrected chi connectivity index (χ0v) is 9.81. The fraction of sp³-hybridized carbons (Fsp3) is 1.00. The van der Waals surface area contributed by atoms with Crippen LogP contribution in [0.3, 0.4) is 0 Å². The molecule has 1 aliphatic rings. The van der Waals surface area contributed by atoms with E-state index in [2.05, 4.69) is 34.7 Å². The van der Waals surface area contributed by atoms with Gasteiger partial charge in [-0.25, -0.2) is 0 Å². The molecule has 0 heterocycles. The Morgan fingerprint density at radius 2 is 1.92 bits per heavy atom. The summed E-state index contributed by atoms with van der Waals surface area (Å²) in [5, 5.41) is 1.11. The molecule has 1 aliphatic carbocycles. The molecule has 1 nitrogen and oxygen atoms in total. The Morgan fingerprint density at radius 1 is 1.33 bits per heavy atom. The van der Waals surface area contributed by atoms with Crippen LogP contribution in [0.1, 0.15) is 39.5 Å². The molecule has 0 spiro atoms. The molecular formula is C10H20BrN. The van der Waals surface area contributed by atoms with Crippen LogP contribution in [0.5, 0.6) is 0 Å². The van der Waals surface area contributed by atoms with Crippen LogP contribution in [0, 0.1) is 0 Å². The number of alkyl halides is 1. The predicted octanol–water partition coefficient (Wildman–Crippen LogP) is 3.03. The molecule has 0 atom stereocenters. The zero-order chi connectivity index (χ0) is 8.97. The van der Waals surface area contributed by atoms with Crippen molar-refractivity contribution >= 4 is 15.9 Å². The molecule has 1 saturated carbocycles. The Balaban J connectivity index is 2.40. The number of nitrogens with zero attached hydrogens (tertiary/aromatic N) is 1. The van der Waals surface area contributed by atoms with Crippen molar-refractivity contribution in [3.8, 4) is 0 Å². The van der Waals surface area contributed by atoms with E-state index in [1.807, 2.05) is 0 Å². The molecule has 0 bridgehead atoms. The molecule has 0 N–H and O–H groups in total. The standard InChI is InChI=1S/C10H20BrN/c1-9(2)12(8-7-11)10-5-3-4-6-10/h9-10H,3-8H2,1-2H3. The second kappa shape index (κ2) is 5.23. The van der Waals surface area contributed by atoms with Crippen LogP contribution in [-0.2, 0) is 0 Å².